The summed E-state index contributed by atoms with van der Waals surface area (Å²) in [5.41, 5.74) is -1.46. The molecule has 1 N–H and O–H groups in total. The number of aromatic nitrogens is 2. The van der Waals surface area contributed by atoms with Gasteiger partial charge in [0, 0.05) is 25.1 Å². The lowest BCUT2D eigenvalue weighted by molar-refractivity contribution is -0.141. The summed E-state index contributed by atoms with van der Waals surface area (Å²) >= 11 is 0. The van der Waals surface area contributed by atoms with Gasteiger partial charge in [-0.05, 0) is 63.6 Å². The average Bonchev–Trinajstić information content (AvgIpc) is 3.52. The zero-order chi connectivity index (χ0) is 28.0. The second kappa shape index (κ2) is 9.93. The summed E-state index contributed by atoms with van der Waals surface area (Å²) in [6.45, 7) is 5.22. The van der Waals surface area contributed by atoms with E-state index in [0.717, 1.165) is 29.7 Å². The Morgan fingerprint density at radius 2 is 1.95 bits per heavy atom. The maximum absolute atomic E-state index is 14.9. The first kappa shape index (κ1) is 27.4. The van der Waals surface area contributed by atoms with Gasteiger partial charge in [0.05, 0.1) is 11.8 Å². The van der Waals surface area contributed by atoms with Crippen LogP contribution in [0.4, 0.5) is 22.4 Å². The van der Waals surface area contributed by atoms with Crippen LogP contribution in [-0.4, -0.2) is 50.4 Å². The van der Waals surface area contributed by atoms with Crippen LogP contribution in [0.3, 0.4) is 0 Å². The highest BCUT2D eigenvalue weighted by Crippen LogP contribution is 2.43. The van der Waals surface area contributed by atoms with Crippen LogP contribution in [0.5, 0.6) is 0 Å². The average molecular weight is 536 g/mol. The van der Waals surface area contributed by atoms with Gasteiger partial charge in [0.1, 0.15) is 23.5 Å². The van der Waals surface area contributed by atoms with Crippen LogP contribution in [0, 0.1) is 23.1 Å². The molecule has 2 aromatic rings. The monoisotopic (exact) mass is 535 g/mol. The number of carbonyl (C=O) groups excluding carboxylic acids is 2. The third-order valence-corrected chi connectivity index (χ3v) is 6.87. The van der Waals surface area contributed by atoms with Gasteiger partial charge in [-0.1, -0.05) is 12.1 Å². The molecule has 1 aliphatic carbocycles. The van der Waals surface area contributed by atoms with Crippen LogP contribution in [0.1, 0.15) is 51.3 Å². The van der Waals surface area contributed by atoms with E-state index in [0.29, 0.717) is 6.42 Å². The van der Waals surface area contributed by atoms with Crippen molar-refractivity contribution in [3.8, 4) is 17.3 Å². The Kier molecular flexibility index (Phi) is 7.16. The summed E-state index contributed by atoms with van der Waals surface area (Å²) in [5, 5.41) is 15.7. The molecule has 4 rings (SSSR count). The van der Waals surface area contributed by atoms with Crippen molar-refractivity contribution >= 4 is 12.0 Å². The van der Waals surface area contributed by atoms with Crippen molar-refractivity contribution in [1.29, 1.82) is 5.26 Å². The van der Waals surface area contributed by atoms with E-state index in [2.05, 4.69) is 10.4 Å². The number of amides is 2. The molecule has 8 nitrogen and oxygen atoms in total. The molecule has 0 unspecified atom stereocenters. The maximum Gasteiger partial charge on any atom is 0.435 e. The van der Waals surface area contributed by atoms with Crippen LogP contribution in [-0.2, 0) is 29.2 Å². The predicted molar refractivity (Wildman–Crippen MR) is 128 cm³/mol. The topological polar surface area (TPSA) is 100 Å². The van der Waals surface area contributed by atoms with Crippen molar-refractivity contribution in [2.45, 2.75) is 76.4 Å². The molecule has 38 heavy (non-hydrogen) atoms. The number of nitriles is 1. The van der Waals surface area contributed by atoms with Gasteiger partial charge in [-0.15, -0.1) is 0 Å². The molecule has 1 saturated heterocycles. The summed E-state index contributed by atoms with van der Waals surface area (Å²) < 4.78 is 60.4. The second-order valence-electron chi connectivity index (χ2n) is 10.8. The molecule has 12 heteroatoms. The van der Waals surface area contributed by atoms with Crippen LogP contribution in [0.15, 0.2) is 24.3 Å². The minimum atomic E-state index is -4.63. The van der Waals surface area contributed by atoms with Crippen LogP contribution in [0.2, 0.25) is 0 Å². The highest BCUT2D eigenvalue weighted by molar-refractivity contribution is 5.87. The number of fused-ring (bicyclic) bond motifs is 2. The fourth-order valence-electron chi connectivity index (χ4n) is 5.26. The summed E-state index contributed by atoms with van der Waals surface area (Å²) in [5.74, 6) is -1.29. The number of benzene rings is 1. The number of ether oxygens (including phenoxy) is 1. The molecule has 2 bridgehead atoms. The van der Waals surface area contributed by atoms with Gasteiger partial charge in [-0.3, -0.25) is 14.4 Å². The van der Waals surface area contributed by atoms with Crippen molar-refractivity contribution in [3.63, 3.8) is 0 Å². The summed E-state index contributed by atoms with van der Waals surface area (Å²) in [4.78, 5) is 27.5. The molecule has 4 atom stereocenters. The summed E-state index contributed by atoms with van der Waals surface area (Å²) in [7, 11) is 1.33. The number of nitrogens with one attached hydrogen (secondary N) is 1. The highest BCUT2D eigenvalue weighted by Gasteiger charge is 2.52. The number of halogens is 4. The van der Waals surface area contributed by atoms with Gasteiger partial charge in [0.15, 0.2) is 5.69 Å². The smallest absolute Gasteiger partial charge is 0.435 e. The van der Waals surface area contributed by atoms with Crippen molar-refractivity contribution in [1.82, 2.24) is 20.0 Å². The van der Waals surface area contributed by atoms with E-state index < -0.39 is 47.4 Å². The lowest BCUT2D eigenvalue weighted by atomic mass is 9.97. The van der Waals surface area contributed by atoms with E-state index in [1.807, 2.05) is 6.07 Å². The lowest BCUT2D eigenvalue weighted by Crippen LogP contribution is -2.55. The number of nitrogens with zero attached hydrogens (tertiary/aromatic N) is 4. The molecule has 204 valence electrons. The van der Waals surface area contributed by atoms with Crippen molar-refractivity contribution in [2.24, 2.45) is 13.0 Å². The molecule has 2 aliphatic rings. The number of alkyl halides is 3. The lowest BCUT2D eigenvalue weighted by Gasteiger charge is -2.35. The minimum Gasteiger partial charge on any atom is -0.444 e. The van der Waals surface area contributed by atoms with Crippen LogP contribution >= 0.6 is 0 Å². The molecule has 2 amide bonds. The Morgan fingerprint density at radius 3 is 2.53 bits per heavy atom. The standard InChI is InChI=1S/C26H29F4N5O3/c1-25(2,3)38-24(37)35-18-8-7-16(10-18)22(35)23(36)32-17(13-31)9-14-5-6-15(11-19(14)27)20-12-21(26(28,29)30)33-34(20)4/h5-6,11-12,16-18,22H,7-10H2,1-4H3,(H,32,36)/t16-,17-,18+,22-/m0/s1. The molecule has 1 aliphatic heterocycles. The van der Waals surface area contributed by atoms with Gasteiger partial charge < -0.3 is 10.1 Å². The summed E-state index contributed by atoms with van der Waals surface area (Å²) in [6.07, 6.45) is -3.16. The number of hydrogen-bond donors (Lipinski definition) is 1. The minimum absolute atomic E-state index is 0.0524. The number of likely N-dealkylation sites (tertiary alicyclic amines) is 1. The zero-order valence-electron chi connectivity index (χ0n) is 21.5. The first-order valence-electron chi connectivity index (χ1n) is 12.3. The van der Waals surface area contributed by atoms with Gasteiger partial charge in [0.25, 0.3) is 0 Å². The van der Waals surface area contributed by atoms with Gasteiger partial charge in [-0.25, -0.2) is 9.18 Å². The fraction of sp³-hybridized carbons (Fsp3) is 0.538. The van der Waals surface area contributed by atoms with Gasteiger partial charge in [-0.2, -0.15) is 23.5 Å². The van der Waals surface area contributed by atoms with Crippen LogP contribution in [0.25, 0.3) is 11.3 Å². The van der Waals surface area contributed by atoms with Crippen LogP contribution < -0.4 is 5.32 Å². The van der Waals surface area contributed by atoms with E-state index >= 15 is 0 Å². The number of hydrogen-bond acceptors (Lipinski definition) is 5. The molecule has 1 aromatic carbocycles. The Hall–Kier alpha value is -3.62. The number of aryl methyl sites for hydroxylation is 1. The third kappa shape index (κ3) is 5.61. The molecule has 1 aromatic heterocycles. The molecular weight excluding hydrogens is 506 g/mol. The fourth-order valence-corrected chi connectivity index (χ4v) is 5.26. The number of piperidine rings is 1. The quantitative estimate of drug-likeness (QED) is 0.565. The Labute approximate surface area is 217 Å². The van der Waals surface area contributed by atoms with E-state index in [-0.39, 0.29) is 35.2 Å². The predicted octanol–water partition coefficient (Wildman–Crippen LogP) is 4.58. The van der Waals surface area contributed by atoms with E-state index in [4.69, 9.17) is 4.74 Å². The van der Waals surface area contributed by atoms with E-state index in [9.17, 15) is 32.4 Å². The molecule has 0 radical (unpaired) electrons. The highest BCUT2D eigenvalue weighted by atomic mass is 19.4. The van der Waals surface area contributed by atoms with Crippen molar-refractivity contribution in [2.75, 3.05) is 0 Å². The maximum atomic E-state index is 14.9. The van der Waals surface area contributed by atoms with E-state index in [1.165, 1.54) is 24.1 Å². The largest absolute Gasteiger partial charge is 0.444 e. The SMILES string of the molecule is Cn1nc(C(F)(F)F)cc1-c1ccc(C[C@@H](C#N)NC(=O)[C@@H]2[C@H]3CC[C@H](C3)N2C(=O)OC(C)(C)C)c(F)c1. The Morgan fingerprint density at radius 1 is 1.24 bits per heavy atom. The third-order valence-electron chi connectivity index (χ3n) is 6.87. The van der Waals surface area contributed by atoms with E-state index in [1.54, 1.807) is 20.8 Å². The van der Waals surface area contributed by atoms with Crippen molar-refractivity contribution in [3.05, 3.63) is 41.3 Å². The first-order chi connectivity index (χ1) is 17.7. The van der Waals surface area contributed by atoms with Gasteiger partial charge >= 0.3 is 12.3 Å². The van der Waals surface area contributed by atoms with Crippen molar-refractivity contribution < 1.29 is 31.9 Å². The Balaban J connectivity index is 1.47. The molecule has 1 saturated carbocycles. The summed E-state index contributed by atoms with van der Waals surface area (Å²) in [6, 6.07) is 4.69. The Bertz CT molecular complexity index is 1280. The zero-order valence-corrected chi connectivity index (χ0v) is 21.5. The molecule has 2 heterocycles. The second-order valence-corrected chi connectivity index (χ2v) is 10.8. The number of carbonyl (C=O) groups is 2. The normalized spacial score (nSPS) is 21.8. The molecular formula is C26H29F4N5O3. The molecule has 0 spiro atoms. The molecule has 2 fully saturated rings. The first-order valence-corrected chi connectivity index (χ1v) is 12.3. The van der Waals surface area contributed by atoms with Gasteiger partial charge in [0.2, 0.25) is 5.91 Å². The number of rotatable bonds is 5.